The summed E-state index contributed by atoms with van der Waals surface area (Å²) < 4.78 is 0. The first-order valence-corrected chi connectivity index (χ1v) is 12.2. The molecule has 2 aliphatic rings. The number of piperazine rings is 1. The number of nitrogens with zero attached hydrogens (tertiary/aromatic N) is 4. The van der Waals surface area contributed by atoms with Gasteiger partial charge in [0.25, 0.3) is 0 Å². The van der Waals surface area contributed by atoms with E-state index < -0.39 is 6.09 Å². The molecule has 3 aromatic rings. The van der Waals surface area contributed by atoms with E-state index >= 15 is 0 Å². The zero-order valence-electron chi connectivity index (χ0n) is 19.2. The lowest BCUT2D eigenvalue weighted by molar-refractivity contribution is 0.110. The number of hydrogen-bond acceptors (Lipinski definition) is 5. The smallest absolute Gasteiger partial charge is 0.407 e. The van der Waals surface area contributed by atoms with Crippen LogP contribution in [0.5, 0.6) is 0 Å². The van der Waals surface area contributed by atoms with Gasteiger partial charge in [-0.15, -0.1) is 0 Å². The highest BCUT2D eigenvalue weighted by molar-refractivity contribution is 6.33. The number of para-hydroxylation sites is 1. The molecule has 1 aliphatic heterocycles. The average Bonchev–Trinajstić information content (AvgIpc) is 3.29. The van der Waals surface area contributed by atoms with E-state index in [1.54, 1.807) is 11.1 Å². The number of anilines is 1. The van der Waals surface area contributed by atoms with E-state index in [0.717, 1.165) is 42.1 Å². The first-order valence-electron chi connectivity index (χ1n) is 11.9. The fourth-order valence-corrected chi connectivity index (χ4v) is 5.09. The van der Waals surface area contributed by atoms with Gasteiger partial charge in [-0.2, -0.15) is 0 Å². The summed E-state index contributed by atoms with van der Waals surface area (Å²) in [5.41, 5.74) is 2.61. The zero-order valence-corrected chi connectivity index (χ0v) is 20.0. The summed E-state index contributed by atoms with van der Waals surface area (Å²) in [6.45, 7) is 1.48. The fourth-order valence-electron chi connectivity index (χ4n) is 4.89. The van der Waals surface area contributed by atoms with E-state index in [2.05, 4.69) is 20.6 Å². The van der Waals surface area contributed by atoms with Crippen molar-refractivity contribution in [2.24, 2.45) is 0 Å². The maximum atomic E-state index is 12.7. The van der Waals surface area contributed by atoms with Crippen LogP contribution in [0.4, 0.5) is 15.5 Å². The van der Waals surface area contributed by atoms with Crippen molar-refractivity contribution in [1.82, 2.24) is 30.1 Å². The van der Waals surface area contributed by atoms with E-state index in [1.165, 1.54) is 4.90 Å². The van der Waals surface area contributed by atoms with Crippen LogP contribution in [0.25, 0.3) is 22.2 Å². The molecule has 4 N–H and O–H groups in total. The van der Waals surface area contributed by atoms with Crippen LogP contribution >= 0.6 is 11.6 Å². The molecule has 1 saturated carbocycles. The molecule has 2 aromatic heterocycles. The van der Waals surface area contributed by atoms with Gasteiger partial charge in [0.15, 0.2) is 0 Å². The second-order valence-electron chi connectivity index (χ2n) is 9.05. The third-order valence-corrected chi connectivity index (χ3v) is 7.04. The molecule has 1 unspecified atom stereocenters. The summed E-state index contributed by atoms with van der Waals surface area (Å²) in [5.74, 6) is 0.511. The Balaban J connectivity index is 1.21. The van der Waals surface area contributed by atoms with Crippen LogP contribution in [0.15, 0.2) is 36.7 Å². The molecule has 3 amide bonds. The summed E-state index contributed by atoms with van der Waals surface area (Å²) >= 11 is 6.46. The predicted octanol–water partition coefficient (Wildman–Crippen LogP) is 4.01. The number of fused-ring (bicyclic) bond motifs is 1. The van der Waals surface area contributed by atoms with Gasteiger partial charge in [0.1, 0.15) is 0 Å². The molecule has 1 saturated heterocycles. The second-order valence-corrected chi connectivity index (χ2v) is 9.46. The van der Waals surface area contributed by atoms with Gasteiger partial charge in [0.2, 0.25) is 5.95 Å². The van der Waals surface area contributed by atoms with Gasteiger partial charge in [0.05, 0.1) is 16.9 Å². The Morgan fingerprint density at radius 2 is 1.83 bits per heavy atom. The first-order chi connectivity index (χ1) is 17.0. The summed E-state index contributed by atoms with van der Waals surface area (Å²) in [6.07, 6.45) is 6.17. The highest BCUT2D eigenvalue weighted by Gasteiger charge is 2.28. The van der Waals surface area contributed by atoms with Crippen LogP contribution in [-0.4, -0.2) is 80.2 Å². The summed E-state index contributed by atoms with van der Waals surface area (Å²) in [6, 6.07) is 8.02. The molecule has 10 nitrogen and oxygen atoms in total. The lowest BCUT2D eigenvalue weighted by Crippen LogP contribution is -2.55. The minimum Gasteiger partial charge on any atom is -0.465 e. The van der Waals surface area contributed by atoms with Crippen molar-refractivity contribution in [3.05, 3.63) is 41.7 Å². The molecule has 11 heteroatoms. The molecular formula is C24H28ClN7O3. The van der Waals surface area contributed by atoms with E-state index in [9.17, 15) is 9.59 Å². The number of nitrogens with one attached hydrogen (secondary N) is 3. The number of hydrogen-bond donors (Lipinski definition) is 4. The van der Waals surface area contributed by atoms with Crippen molar-refractivity contribution in [2.75, 3.05) is 31.5 Å². The van der Waals surface area contributed by atoms with Crippen molar-refractivity contribution in [3.8, 4) is 11.3 Å². The van der Waals surface area contributed by atoms with Crippen molar-refractivity contribution >= 4 is 40.6 Å². The molecule has 5 rings (SSSR count). The quantitative estimate of drug-likeness (QED) is 0.431. The van der Waals surface area contributed by atoms with E-state index in [4.69, 9.17) is 21.7 Å². The van der Waals surface area contributed by atoms with Crippen LogP contribution < -0.4 is 10.6 Å². The first kappa shape index (κ1) is 23.2. The van der Waals surface area contributed by atoms with Gasteiger partial charge in [-0.3, -0.25) is 0 Å². The molecule has 2 atom stereocenters. The van der Waals surface area contributed by atoms with E-state index in [-0.39, 0.29) is 18.1 Å². The van der Waals surface area contributed by atoms with Crippen molar-refractivity contribution < 1.29 is 14.7 Å². The number of H-pyrrole nitrogens is 1. The van der Waals surface area contributed by atoms with E-state index in [1.807, 2.05) is 30.5 Å². The molecule has 1 aromatic carbocycles. The van der Waals surface area contributed by atoms with Crippen molar-refractivity contribution in [3.63, 3.8) is 0 Å². The maximum Gasteiger partial charge on any atom is 0.407 e. The summed E-state index contributed by atoms with van der Waals surface area (Å²) in [4.78, 5) is 39.2. The largest absolute Gasteiger partial charge is 0.465 e. The van der Waals surface area contributed by atoms with Gasteiger partial charge >= 0.3 is 12.1 Å². The summed E-state index contributed by atoms with van der Waals surface area (Å²) in [5, 5.41) is 17.2. The Labute approximate surface area is 207 Å². The minimum absolute atomic E-state index is 0.0339. The number of urea groups is 1. The van der Waals surface area contributed by atoms with Gasteiger partial charge in [-0.1, -0.05) is 29.8 Å². The highest BCUT2D eigenvalue weighted by atomic mass is 35.5. The normalized spacial score (nSPS) is 20.6. The fraction of sp³-hybridized carbons (Fsp3) is 0.417. The highest BCUT2D eigenvalue weighted by Crippen LogP contribution is 2.32. The average molecular weight is 498 g/mol. The maximum absolute atomic E-state index is 12.7. The number of benzene rings is 1. The van der Waals surface area contributed by atoms with Crippen molar-refractivity contribution in [2.45, 2.75) is 37.8 Å². The standard InChI is InChI=1S/C24H28ClN7O3/c25-19-14-27-22(30-21(19)18-13-26-20-7-2-1-6-17(18)20)28-15-4-3-5-16(12-15)29-23(33)31-8-10-32(11-9-31)24(34)35/h1-2,6-7,13-16,26H,3-5,8-12H2,(H,29,33)(H,34,35)(H,27,28,30)/t15-,16?/m1/s1. The zero-order chi connectivity index (χ0) is 24.4. The molecule has 0 spiro atoms. The van der Waals surface area contributed by atoms with Crippen LogP contribution in [0.1, 0.15) is 25.7 Å². The predicted molar refractivity (Wildman–Crippen MR) is 134 cm³/mol. The Hall–Kier alpha value is -3.53. The topological polar surface area (TPSA) is 126 Å². The molecule has 3 heterocycles. The second kappa shape index (κ2) is 9.99. The number of carboxylic acid groups (broad SMARTS) is 1. The number of carbonyl (C=O) groups excluding carboxylic acids is 1. The molecule has 0 bridgehead atoms. The number of carbonyl (C=O) groups is 2. The monoisotopic (exact) mass is 497 g/mol. The molecule has 35 heavy (non-hydrogen) atoms. The molecule has 1 aliphatic carbocycles. The Morgan fingerprint density at radius 3 is 2.63 bits per heavy atom. The van der Waals surface area contributed by atoms with Crippen LogP contribution in [0.2, 0.25) is 5.02 Å². The van der Waals surface area contributed by atoms with E-state index in [0.29, 0.717) is 42.8 Å². The van der Waals surface area contributed by atoms with Crippen molar-refractivity contribution in [1.29, 1.82) is 0 Å². The molecule has 184 valence electrons. The third-order valence-electron chi connectivity index (χ3n) is 6.76. The molecular weight excluding hydrogens is 470 g/mol. The van der Waals surface area contributed by atoms with Gasteiger partial charge in [0, 0.05) is 60.9 Å². The van der Waals surface area contributed by atoms with Crippen LogP contribution in [0, 0.1) is 0 Å². The number of aromatic nitrogens is 3. The number of amides is 3. The van der Waals surface area contributed by atoms with Gasteiger partial charge < -0.3 is 30.5 Å². The lowest BCUT2D eigenvalue weighted by Gasteiger charge is -2.36. The molecule has 2 fully saturated rings. The number of halogens is 1. The van der Waals surface area contributed by atoms with Gasteiger partial charge in [-0.05, 0) is 31.7 Å². The summed E-state index contributed by atoms with van der Waals surface area (Å²) in [7, 11) is 0. The lowest BCUT2D eigenvalue weighted by atomic mass is 9.91. The Bertz CT molecular complexity index is 1220. The molecule has 0 radical (unpaired) electrons. The van der Waals surface area contributed by atoms with Crippen LogP contribution in [0.3, 0.4) is 0 Å². The number of rotatable bonds is 4. The van der Waals surface area contributed by atoms with Gasteiger partial charge in [-0.25, -0.2) is 19.6 Å². The Kier molecular flexibility index (Phi) is 6.63. The van der Waals surface area contributed by atoms with Crippen LogP contribution in [-0.2, 0) is 0 Å². The third kappa shape index (κ3) is 5.12. The minimum atomic E-state index is -0.941. The Morgan fingerprint density at radius 1 is 1.09 bits per heavy atom. The number of aromatic amines is 1. The SMILES string of the molecule is O=C(O)N1CCN(C(=O)NC2CCC[C@@H](Nc3ncc(Cl)c(-c4c[nH]c5ccccc45)n3)C2)CC1.